The summed E-state index contributed by atoms with van der Waals surface area (Å²) in [6.07, 6.45) is 7.34. The summed E-state index contributed by atoms with van der Waals surface area (Å²) in [7, 11) is -0.908. The average Bonchev–Trinajstić information content (AvgIpc) is 3.55. The van der Waals surface area contributed by atoms with Gasteiger partial charge in [-0.15, -0.1) is 0 Å². The third-order valence-electron chi connectivity index (χ3n) is 6.06. The van der Waals surface area contributed by atoms with Crippen molar-refractivity contribution in [2.45, 2.75) is 26.3 Å². The molecule has 0 spiro atoms. The topological polar surface area (TPSA) is 119 Å². The van der Waals surface area contributed by atoms with E-state index in [0.717, 1.165) is 9.87 Å². The molecule has 2 amide bonds. The lowest BCUT2D eigenvalue weighted by Crippen LogP contribution is -2.34. The molecule has 0 saturated carbocycles. The van der Waals surface area contributed by atoms with Gasteiger partial charge >= 0.3 is 10.2 Å². The molecule has 0 unspecified atom stereocenters. The maximum atomic E-state index is 13.2. The number of hydrogen-bond donors (Lipinski definition) is 1. The van der Waals surface area contributed by atoms with E-state index in [1.165, 1.54) is 24.3 Å². The van der Waals surface area contributed by atoms with Crippen molar-refractivity contribution in [1.29, 1.82) is 0 Å². The summed E-state index contributed by atoms with van der Waals surface area (Å²) in [6, 6.07) is 14.0. The lowest BCUT2D eigenvalue weighted by Gasteiger charge is -2.13. The summed E-state index contributed by atoms with van der Waals surface area (Å²) in [5.74, 6) is -1.03. The number of amides is 2. The molecule has 38 heavy (non-hydrogen) atoms. The van der Waals surface area contributed by atoms with E-state index in [9.17, 15) is 18.0 Å². The Morgan fingerprint density at radius 2 is 1.82 bits per heavy atom. The van der Waals surface area contributed by atoms with Crippen molar-refractivity contribution in [3.63, 3.8) is 0 Å². The number of nitrogens with one attached hydrogen (secondary N) is 1. The van der Waals surface area contributed by atoms with E-state index in [2.05, 4.69) is 15.3 Å². The molecular weight excluding hydrogens is 504 g/mol. The quantitative estimate of drug-likeness (QED) is 0.248. The molecule has 0 bridgehead atoms. The largest absolute Gasteiger partial charge is 0.351 e. The Morgan fingerprint density at radius 3 is 2.50 bits per heavy atom. The minimum absolute atomic E-state index is 0.00311. The molecule has 4 rings (SSSR count). The minimum atomic E-state index is -3.81. The highest BCUT2D eigenvalue weighted by atomic mass is 32.2. The zero-order valence-corrected chi connectivity index (χ0v) is 22.4. The summed E-state index contributed by atoms with van der Waals surface area (Å²) in [6.45, 7) is 2.95. The molecule has 2 heterocycles. The zero-order chi connectivity index (χ0) is 27.3. The fourth-order valence-corrected chi connectivity index (χ4v) is 4.96. The summed E-state index contributed by atoms with van der Waals surface area (Å²) in [5.41, 5.74) is 2.40. The Hall–Kier alpha value is -4.09. The Labute approximate surface area is 221 Å². The number of hydrogen-bond acceptors (Lipinski definition) is 5. The van der Waals surface area contributed by atoms with E-state index in [0.29, 0.717) is 41.5 Å². The molecule has 0 aliphatic heterocycles. The molecule has 2 aromatic heterocycles. The number of para-hydroxylation sites is 1. The number of rotatable bonds is 10. The van der Waals surface area contributed by atoms with Gasteiger partial charge in [0.05, 0.1) is 11.8 Å². The normalized spacial score (nSPS) is 12.3. The van der Waals surface area contributed by atoms with Crippen molar-refractivity contribution in [3.8, 4) is 0 Å². The monoisotopic (exact) mass is 534 g/mol. The number of nitrogens with zero attached hydrogens (tertiary/aromatic N) is 5. The number of aryl methyl sites for hydroxylation is 2. The van der Waals surface area contributed by atoms with Crippen LogP contribution in [0.15, 0.2) is 78.4 Å². The number of fused-ring (bicyclic) bond motifs is 1. The Bertz CT molecular complexity index is 1570. The lowest BCUT2D eigenvalue weighted by atomic mass is 10.1. The first kappa shape index (κ1) is 27.0. The SMILES string of the molecule is Cc1ccc(C(=O)N=C(Cc2cn(S(=O)(=O)N(C)C)c3ccccc23)C(=O)NCCCn2ccnc2)cc1. The smallest absolute Gasteiger partial charge is 0.307 e. The first-order valence-electron chi connectivity index (χ1n) is 12.1. The maximum Gasteiger partial charge on any atom is 0.307 e. The number of imidazole rings is 1. The molecule has 198 valence electrons. The lowest BCUT2D eigenvalue weighted by molar-refractivity contribution is -0.114. The van der Waals surface area contributed by atoms with Crippen molar-refractivity contribution in [2.75, 3.05) is 20.6 Å². The third-order valence-corrected chi connectivity index (χ3v) is 7.79. The van der Waals surface area contributed by atoms with E-state index in [4.69, 9.17) is 0 Å². The summed E-state index contributed by atoms with van der Waals surface area (Å²) in [5, 5.41) is 3.50. The van der Waals surface area contributed by atoms with Gasteiger partial charge in [0.15, 0.2) is 0 Å². The van der Waals surface area contributed by atoms with Gasteiger partial charge in [0.2, 0.25) is 0 Å². The van der Waals surface area contributed by atoms with Crippen molar-refractivity contribution in [2.24, 2.45) is 4.99 Å². The summed E-state index contributed by atoms with van der Waals surface area (Å²) >= 11 is 0. The highest BCUT2D eigenvalue weighted by Crippen LogP contribution is 2.24. The van der Waals surface area contributed by atoms with Gasteiger partial charge in [-0.3, -0.25) is 9.59 Å². The highest BCUT2D eigenvalue weighted by Gasteiger charge is 2.23. The molecule has 2 aromatic carbocycles. The van der Waals surface area contributed by atoms with E-state index in [1.807, 2.05) is 17.7 Å². The second-order valence-corrected chi connectivity index (χ2v) is 11.1. The summed E-state index contributed by atoms with van der Waals surface area (Å²) < 4.78 is 30.1. The molecule has 0 radical (unpaired) electrons. The van der Waals surface area contributed by atoms with Crippen LogP contribution >= 0.6 is 0 Å². The number of benzene rings is 2. The van der Waals surface area contributed by atoms with E-state index >= 15 is 0 Å². The molecule has 0 aliphatic carbocycles. The fourth-order valence-electron chi connectivity index (χ4n) is 3.94. The molecule has 4 aromatic rings. The Morgan fingerprint density at radius 1 is 1.08 bits per heavy atom. The Balaban J connectivity index is 1.65. The second kappa shape index (κ2) is 11.5. The number of carbonyl (C=O) groups is 2. The van der Waals surface area contributed by atoms with E-state index in [-0.39, 0.29) is 12.1 Å². The molecular formula is C27H30N6O4S. The molecule has 1 N–H and O–H groups in total. The fraction of sp³-hybridized carbons (Fsp3) is 0.259. The third kappa shape index (κ3) is 6.06. The number of aliphatic imine (C=N–C) groups is 1. The predicted molar refractivity (Wildman–Crippen MR) is 146 cm³/mol. The van der Waals surface area contributed by atoms with Crippen LogP contribution in [0.3, 0.4) is 0 Å². The van der Waals surface area contributed by atoms with Gasteiger partial charge in [0.25, 0.3) is 11.8 Å². The van der Waals surface area contributed by atoms with Crippen molar-refractivity contribution in [1.82, 2.24) is 23.1 Å². The van der Waals surface area contributed by atoms with Gasteiger partial charge in [0, 0.05) is 63.1 Å². The van der Waals surface area contributed by atoms with Gasteiger partial charge in [-0.05, 0) is 37.1 Å². The molecule has 0 aliphatic rings. The number of carbonyl (C=O) groups excluding carboxylic acids is 2. The second-order valence-electron chi connectivity index (χ2n) is 9.07. The Kier molecular flexibility index (Phi) is 8.18. The van der Waals surface area contributed by atoms with Gasteiger partial charge in [-0.1, -0.05) is 35.9 Å². The number of aromatic nitrogens is 3. The maximum absolute atomic E-state index is 13.2. The van der Waals surface area contributed by atoms with Crippen molar-refractivity contribution < 1.29 is 18.0 Å². The van der Waals surface area contributed by atoms with Crippen LogP contribution in [0, 0.1) is 6.92 Å². The van der Waals surface area contributed by atoms with Crippen LogP contribution in [0.1, 0.15) is 27.9 Å². The molecule has 0 saturated heterocycles. The highest BCUT2D eigenvalue weighted by molar-refractivity contribution is 7.87. The van der Waals surface area contributed by atoms with Crippen LogP contribution in [0.25, 0.3) is 10.9 Å². The van der Waals surface area contributed by atoms with Gasteiger partial charge in [-0.25, -0.2) is 13.9 Å². The molecule has 11 heteroatoms. The van der Waals surface area contributed by atoms with Gasteiger partial charge < -0.3 is 9.88 Å². The van der Waals surface area contributed by atoms with Crippen LogP contribution in [0.5, 0.6) is 0 Å². The van der Waals surface area contributed by atoms with Crippen molar-refractivity contribution >= 4 is 38.6 Å². The first-order valence-corrected chi connectivity index (χ1v) is 13.5. The standard InChI is InChI=1S/C27H30N6O4S/c1-20-9-11-21(12-10-20)26(34)30-24(27(35)29-13-6-15-32-16-14-28-19-32)17-22-18-33(38(36,37)31(2)3)25-8-5-4-7-23(22)25/h4-5,7-12,14,16,18-19H,6,13,15,17H2,1-3H3,(H,29,35). The van der Waals surface area contributed by atoms with Crippen molar-refractivity contribution in [3.05, 3.63) is 90.1 Å². The first-order chi connectivity index (χ1) is 18.2. The van der Waals surface area contributed by atoms with Gasteiger partial charge in [-0.2, -0.15) is 12.7 Å². The summed E-state index contributed by atoms with van der Waals surface area (Å²) in [4.78, 5) is 34.4. The van der Waals surface area contributed by atoms with Crippen LogP contribution in [0.2, 0.25) is 0 Å². The van der Waals surface area contributed by atoms with Crippen LogP contribution in [-0.2, 0) is 28.0 Å². The van der Waals surface area contributed by atoms with Crippen LogP contribution in [0.4, 0.5) is 0 Å². The van der Waals surface area contributed by atoms with E-state index < -0.39 is 22.0 Å². The average molecular weight is 535 g/mol. The van der Waals surface area contributed by atoms with Gasteiger partial charge in [0.1, 0.15) is 5.71 Å². The van der Waals surface area contributed by atoms with Crippen LogP contribution in [-0.4, -0.2) is 64.4 Å². The molecule has 10 nitrogen and oxygen atoms in total. The molecule has 0 fully saturated rings. The predicted octanol–water partition coefficient (Wildman–Crippen LogP) is 2.83. The molecule has 0 atom stereocenters. The van der Waals surface area contributed by atoms with E-state index in [1.54, 1.807) is 61.1 Å². The zero-order valence-electron chi connectivity index (χ0n) is 21.5. The minimum Gasteiger partial charge on any atom is -0.351 e. The van der Waals surface area contributed by atoms with Crippen LogP contribution < -0.4 is 5.32 Å².